The van der Waals surface area contributed by atoms with Crippen LogP contribution in [-0.2, 0) is 29.9 Å². The van der Waals surface area contributed by atoms with Crippen molar-refractivity contribution in [3.8, 4) is 11.5 Å². The van der Waals surface area contributed by atoms with Gasteiger partial charge in [0.2, 0.25) is 5.75 Å². The zero-order valence-electron chi connectivity index (χ0n) is 22.0. The van der Waals surface area contributed by atoms with Crippen LogP contribution in [0.4, 0.5) is 0 Å². The van der Waals surface area contributed by atoms with Crippen molar-refractivity contribution < 1.29 is 37.0 Å². The molecular formula is C28H30N2O8S. The maximum atomic E-state index is 13.5. The van der Waals surface area contributed by atoms with E-state index in [4.69, 9.17) is 14.2 Å². The Morgan fingerprint density at radius 2 is 1.56 bits per heavy atom. The number of nitrogens with zero attached hydrogens (tertiary/aromatic N) is 1. The highest BCUT2D eigenvalue weighted by Gasteiger charge is 2.36. The van der Waals surface area contributed by atoms with Crippen molar-refractivity contribution in [2.45, 2.75) is 43.9 Å². The Morgan fingerprint density at radius 1 is 0.949 bits per heavy atom. The Balaban J connectivity index is 1.79. The lowest BCUT2D eigenvalue weighted by molar-refractivity contribution is -0.150. The van der Waals surface area contributed by atoms with E-state index in [2.05, 4.69) is 10.3 Å². The molecule has 3 rings (SSSR count). The SMILES string of the molecule is COc1ccnc(C(=O)N[C@@H](C)C(=O)O[C@@H](C)[C@@H](c2ccccc2)S(=O)(=O)Cc2ccccc2)c1OC(C)=O. The molecule has 0 unspecified atom stereocenters. The lowest BCUT2D eigenvalue weighted by Gasteiger charge is -2.26. The van der Waals surface area contributed by atoms with Crippen LogP contribution < -0.4 is 14.8 Å². The first-order valence-corrected chi connectivity index (χ1v) is 13.8. The minimum absolute atomic E-state index is 0.100. The van der Waals surface area contributed by atoms with Gasteiger partial charge in [-0.25, -0.2) is 18.2 Å². The van der Waals surface area contributed by atoms with Crippen molar-refractivity contribution in [1.82, 2.24) is 10.3 Å². The molecule has 11 heteroatoms. The molecule has 0 fully saturated rings. The Bertz CT molecular complexity index is 1410. The van der Waals surface area contributed by atoms with Crippen LogP contribution in [0.2, 0.25) is 0 Å². The summed E-state index contributed by atoms with van der Waals surface area (Å²) in [5.41, 5.74) is 0.800. The zero-order chi connectivity index (χ0) is 28.6. The van der Waals surface area contributed by atoms with Gasteiger partial charge in [-0.2, -0.15) is 0 Å². The summed E-state index contributed by atoms with van der Waals surface area (Å²) in [4.78, 5) is 41.4. The van der Waals surface area contributed by atoms with Gasteiger partial charge in [0.1, 0.15) is 17.4 Å². The summed E-state index contributed by atoms with van der Waals surface area (Å²) in [6.07, 6.45) is 0.202. The number of carbonyl (C=O) groups excluding carboxylic acids is 3. The molecule has 0 aliphatic carbocycles. The van der Waals surface area contributed by atoms with Crippen molar-refractivity contribution in [2.75, 3.05) is 7.11 Å². The van der Waals surface area contributed by atoms with Crippen LogP contribution >= 0.6 is 0 Å². The fourth-order valence-electron chi connectivity index (χ4n) is 3.98. The summed E-state index contributed by atoms with van der Waals surface area (Å²) >= 11 is 0. The lowest BCUT2D eigenvalue weighted by Crippen LogP contribution is -2.42. The predicted octanol–water partition coefficient (Wildman–Crippen LogP) is 3.42. The highest BCUT2D eigenvalue weighted by molar-refractivity contribution is 7.90. The molecule has 0 radical (unpaired) electrons. The van der Waals surface area contributed by atoms with Crippen molar-refractivity contribution in [3.63, 3.8) is 0 Å². The number of rotatable bonds is 11. The Morgan fingerprint density at radius 3 is 2.15 bits per heavy atom. The highest BCUT2D eigenvalue weighted by atomic mass is 32.2. The Hall–Kier alpha value is -4.25. The van der Waals surface area contributed by atoms with Crippen LogP contribution in [0.3, 0.4) is 0 Å². The van der Waals surface area contributed by atoms with Gasteiger partial charge in [-0.3, -0.25) is 9.59 Å². The molecule has 1 amide bonds. The van der Waals surface area contributed by atoms with Gasteiger partial charge in [0.05, 0.1) is 12.9 Å². The summed E-state index contributed by atoms with van der Waals surface area (Å²) in [6, 6.07) is 17.4. The van der Waals surface area contributed by atoms with Crippen molar-refractivity contribution >= 4 is 27.7 Å². The molecule has 1 aromatic heterocycles. The van der Waals surface area contributed by atoms with E-state index in [0.29, 0.717) is 11.1 Å². The molecule has 3 aromatic rings. The fraction of sp³-hybridized carbons (Fsp3) is 0.286. The van der Waals surface area contributed by atoms with Gasteiger partial charge in [0.15, 0.2) is 21.3 Å². The van der Waals surface area contributed by atoms with E-state index in [9.17, 15) is 22.8 Å². The largest absolute Gasteiger partial charge is 0.493 e. The van der Waals surface area contributed by atoms with Crippen LogP contribution in [0, 0.1) is 0 Å². The topological polar surface area (TPSA) is 138 Å². The second kappa shape index (κ2) is 13.0. The second-order valence-corrected chi connectivity index (χ2v) is 10.9. The van der Waals surface area contributed by atoms with Crippen molar-refractivity contribution in [2.24, 2.45) is 0 Å². The molecule has 0 saturated carbocycles. The number of sulfone groups is 1. The van der Waals surface area contributed by atoms with Crippen molar-refractivity contribution in [1.29, 1.82) is 0 Å². The predicted molar refractivity (Wildman–Crippen MR) is 143 cm³/mol. The third kappa shape index (κ3) is 7.64. The van der Waals surface area contributed by atoms with Crippen LogP contribution in [-0.4, -0.2) is 50.5 Å². The van der Waals surface area contributed by atoms with Gasteiger partial charge in [-0.15, -0.1) is 0 Å². The molecular weight excluding hydrogens is 524 g/mol. The number of carbonyl (C=O) groups is 3. The van der Waals surface area contributed by atoms with E-state index >= 15 is 0 Å². The van der Waals surface area contributed by atoms with Crippen molar-refractivity contribution in [3.05, 3.63) is 89.7 Å². The van der Waals surface area contributed by atoms with Gasteiger partial charge < -0.3 is 19.5 Å². The smallest absolute Gasteiger partial charge is 0.328 e. The molecule has 2 aromatic carbocycles. The molecule has 0 aliphatic heterocycles. The summed E-state index contributed by atoms with van der Waals surface area (Å²) in [5.74, 6) is -2.72. The molecule has 10 nitrogen and oxygen atoms in total. The van der Waals surface area contributed by atoms with Crippen LogP contribution in [0.1, 0.15) is 47.6 Å². The average molecular weight is 555 g/mol. The number of amides is 1. The summed E-state index contributed by atoms with van der Waals surface area (Å²) in [5, 5.41) is 1.30. The molecule has 3 atom stereocenters. The second-order valence-electron chi connectivity index (χ2n) is 8.75. The van der Waals surface area contributed by atoms with Gasteiger partial charge in [-0.05, 0) is 25.0 Å². The number of esters is 2. The monoisotopic (exact) mass is 554 g/mol. The lowest BCUT2D eigenvalue weighted by atomic mass is 10.1. The summed E-state index contributed by atoms with van der Waals surface area (Å²) in [6.45, 7) is 4.04. The van der Waals surface area contributed by atoms with E-state index in [1.165, 1.54) is 33.2 Å². The number of methoxy groups -OCH3 is 1. The van der Waals surface area contributed by atoms with Gasteiger partial charge in [-0.1, -0.05) is 60.7 Å². The number of nitrogens with one attached hydrogen (secondary N) is 1. The summed E-state index contributed by atoms with van der Waals surface area (Å²) in [7, 11) is -2.49. The maximum absolute atomic E-state index is 13.5. The fourth-order valence-corrected chi connectivity index (χ4v) is 6.02. The minimum Gasteiger partial charge on any atom is -0.493 e. The first-order chi connectivity index (χ1) is 18.5. The summed E-state index contributed by atoms with van der Waals surface area (Å²) < 4.78 is 42.8. The molecule has 206 valence electrons. The van der Waals surface area contributed by atoms with Gasteiger partial charge in [0.25, 0.3) is 5.91 Å². The maximum Gasteiger partial charge on any atom is 0.328 e. The standard InChI is InChI=1S/C28H30N2O8S/c1-18(30-27(32)24-25(38-20(3)31)23(36-4)15-16-29-24)28(33)37-19(2)26(22-13-9-6-10-14-22)39(34,35)17-21-11-7-5-8-12-21/h5-16,18-19,26H,17H2,1-4H3,(H,30,32)/t18-,19-,26-/m0/s1. The van der Waals surface area contributed by atoms with E-state index in [1.54, 1.807) is 60.7 Å². The van der Waals surface area contributed by atoms with Gasteiger partial charge >= 0.3 is 11.9 Å². The van der Waals surface area contributed by atoms with E-state index in [1.807, 2.05) is 0 Å². The Labute approximate surface area is 227 Å². The van der Waals surface area contributed by atoms with Gasteiger partial charge in [0, 0.05) is 19.2 Å². The number of aromatic nitrogens is 1. The van der Waals surface area contributed by atoms with Crippen LogP contribution in [0.5, 0.6) is 11.5 Å². The molecule has 0 bridgehead atoms. The quantitative estimate of drug-likeness (QED) is 0.353. The molecule has 0 saturated heterocycles. The average Bonchev–Trinajstić information content (AvgIpc) is 2.89. The first-order valence-electron chi connectivity index (χ1n) is 12.1. The third-order valence-electron chi connectivity index (χ3n) is 5.70. The number of ether oxygens (including phenoxy) is 3. The molecule has 39 heavy (non-hydrogen) atoms. The minimum atomic E-state index is -3.83. The van der Waals surface area contributed by atoms with Crippen LogP contribution in [0.25, 0.3) is 0 Å². The molecule has 0 aliphatic rings. The number of hydrogen-bond donors (Lipinski definition) is 1. The van der Waals surface area contributed by atoms with E-state index in [0.717, 1.165) is 6.92 Å². The highest BCUT2D eigenvalue weighted by Crippen LogP contribution is 2.32. The molecule has 1 heterocycles. The normalized spacial score (nSPS) is 13.4. The number of hydrogen-bond acceptors (Lipinski definition) is 9. The number of pyridine rings is 1. The zero-order valence-corrected chi connectivity index (χ0v) is 22.8. The third-order valence-corrected chi connectivity index (χ3v) is 7.87. The van der Waals surface area contributed by atoms with E-state index < -0.39 is 45.1 Å². The van der Waals surface area contributed by atoms with Crippen LogP contribution in [0.15, 0.2) is 72.9 Å². The number of benzene rings is 2. The van der Waals surface area contributed by atoms with E-state index in [-0.39, 0.29) is 22.9 Å². The molecule has 0 spiro atoms. The Kier molecular flexibility index (Phi) is 9.78. The molecule has 1 N–H and O–H groups in total. The first kappa shape index (κ1) is 29.3.